The zero-order chi connectivity index (χ0) is 16.0. The molecular weight excluding hydrogens is 328 g/mol. The van der Waals surface area contributed by atoms with Crippen LogP contribution in [0, 0.1) is 6.92 Å². The Morgan fingerprint density at radius 1 is 1.13 bits per heavy atom. The molecule has 3 heterocycles. The van der Waals surface area contributed by atoms with E-state index in [2.05, 4.69) is 46.3 Å². The predicted octanol–water partition coefficient (Wildman–Crippen LogP) is 3.94. The fourth-order valence-electron chi connectivity index (χ4n) is 3.27. The van der Waals surface area contributed by atoms with Crippen molar-refractivity contribution >= 4 is 39.3 Å². The van der Waals surface area contributed by atoms with Crippen molar-refractivity contribution in [1.29, 1.82) is 0 Å². The lowest BCUT2D eigenvalue weighted by molar-refractivity contribution is 0.155. The van der Waals surface area contributed by atoms with Gasteiger partial charge < -0.3 is 10.2 Å². The average molecular weight is 349 g/mol. The number of fused-ring (bicyclic) bond motifs is 2. The van der Waals surface area contributed by atoms with Crippen LogP contribution < -0.4 is 10.3 Å². The number of nitrogens with zero attached hydrogens (tertiary/aromatic N) is 3. The molecule has 1 aromatic carbocycles. The molecular formula is C17H21ClN4S. The van der Waals surface area contributed by atoms with E-state index >= 15 is 0 Å². The highest BCUT2D eigenvalue weighted by molar-refractivity contribution is 7.16. The molecule has 6 heteroatoms. The second-order valence-corrected chi connectivity index (χ2v) is 7.94. The molecule has 2 aromatic rings. The summed E-state index contributed by atoms with van der Waals surface area (Å²) < 4.78 is 0. The van der Waals surface area contributed by atoms with E-state index in [0.29, 0.717) is 0 Å². The zero-order valence-corrected chi connectivity index (χ0v) is 15.0. The molecule has 122 valence electrons. The van der Waals surface area contributed by atoms with Crippen molar-refractivity contribution in [2.24, 2.45) is 0 Å². The summed E-state index contributed by atoms with van der Waals surface area (Å²) >= 11 is 8.09. The second-order valence-electron chi connectivity index (χ2n) is 6.27. The van der Waals surface area contributed by atoms with Gasteiger partial charge in [-0.2, -0.15) is 0 Å². The third-order valence-corrected chi connectivity index (χ3v) is 5.82. The molecule has 1 fully saturated rings. The van der Waals surface area contributed by atoms with Gasteiger partial charge in [0, 0.05) is 48.2 Å². The van der Waals surface area contributed by atoms with Crippen LogP contribution in [0.3, 0.4) is 0 Å². The number of hydrazine groups is 1. The molecule has 1 aromatic heterocycles. The van der Waals surface area contributed by atoms with Gasteiger partial charge in [0.1, 0.15) is 5.00 Å². The van der Waals surface area contributed by atoms with Crippen LogP contribution in [0.25, 0.3) is 0 Å². The number of likely N-dealkylation sites (N-methyl/N-ethyl adjacent to an activating group) is 1. The summed E-state index contributed by atoms with van der Waals surface area (Å²) in [5.41, 5.74) is 3.66. The lowest BCUT2D eigenvalue weighted by Gasteiger charge is -2.41. The van der Waals surface area contributed by atoms with Crippen molar-refractivity contribution in [2.45, 2.75) is 13.5 Å². The maximum absolute atomic E-state index is 6.22. The highest BCUT2D eigenvalue weighted by atomic mass is 35.5. The Kier molecular flexibility index (Phi) is 3.97. The van der Waals surface area contributed by atoms with E-state index in [1.165, 1.54) is 21.1 Å². The molecule has 0 spiro atoms. The molecule has 0 atom stereocenters. The normalized spacial score (nSPS) is 19.0. The Hall–Kier alpha value is -1.27. The Bertz CT molecular complexity index is 721. The van der Waals surface area contributed by atoms with Gasteiger partial charge in [-0.25, -0.2) is 5.01 Å². The number of halogens is 1. The van der Waals surface area contributed by atoms with Crippen molar-refractivity contribution in [3.63, 3.8) is 0 Å². The SMILES string of the molecule is Cc1cc2c(s1)N(N1CCN(C)CC1)c1ccc(Cl)cc1NC2. The molecule has 23 heavy (non-hydrogen) atoms. The summed E-state index contributed by atoms with van der Waals surface area (Å²) in [6.07, 6.45) is 0. The number of benzene rings is 1. The van der Waals surface area contributed by atoms with Gasteiger partial charge in [-0.3, -0.25) is 5.01 Å². The maximum atomic E-state index is 6.22. The van der Waals surface area contributed by atoms with Crippen LogP contribution in [0.1, 0.15) is 10.4 Å². The van der Waals surface area contributed by atoms with E-state index < -0.39 is 0 Å². The van der Waals surface area contributed by atoms with Gasteiger partial charge in [0.25, 0.3) is 0 Å². The summed E-state index contributed by atoms with van der Waals surface area (Å²) in [5.74, 6) is 0. The number of aryl methyl sites for hydroxylation is 1. The van der Waals surface area contributed by atoms with E-state index in [1.807, 2.05) is 23.5 Å². The van der Waals surface area contributed by atoms with Gasteiger partial charge in [-0.05, 0) is 38.2 Å². The van der Waals surface area contributed by atoms with Crippen molar-refractivity contribution in [3.05, 3.63) is 39.7 Å². The number of hydrogen-bond donors (Lipinski definition) is 1. The van der Waals surface area contributed by atoms with Crippen LogP contribution in [-0.2, 0) is 6.54 Å². The first-order valence-corrected chi connectivity index (χ1v) is 9.17. The topological polar surface area (TPSA) is 21.8 Å². The number of hydrogen-bond acceptors (Lipinski definition) is 5. The summed E-state index contributed by atoms with van der Waals surface area (Å²) in [6, 6.07) is 8.44. The van der Waals surface area contributed by atoms with Gasteiger partial charge >= 0.3 is 0 Å². The van der Waals surface area contributed by atoms with E-state index in [1.54, 1.807) is 0 Å². The van der Waals surface area contributed by atoms with E-state index in [-0.39, 0.29) is 0 Å². The Morgan fingerprint density at radius 2 is 1.91 bits per heavy atom. The van der Waals surface area contributed by atoms with Gasteiger partial charge in [-0.15, -0.1) is 11.3 Å². The quantitative estimate of drug-likeness (QED) is 0.842. The first-order chi connectivity index (χ1) is 11.1. The van der Waals surface area contributed by atoms with E-state index in [0.717, 1.165) is 43.4 Å². The van der Waals surface area contributed by atoms with Gasteiger partial charge in [0.2, 0.25) is 0 Å². The Morgan fingerprint density at radius 3 is 2.70 bits per heavy atom. The minimum atomic E-state index is 0.774. The Labute approximate surface area is 146 Å². The molecule has 0 bridgehead atoms. The third kappa shape index (κ3) is 2.83. The molecule has 0 saturated carbocycles. The first kappa shape index (κ1) is 15.3. The average Bonchev–Trinajstić information content (AvgIpc) is 2.83. The summed E-state index contributed by atoms with van der Waals surface area (Å²) in [6.45, 7) is 7.28. The van der Waals surface area contributed by atoms with Crippen molar-refractivity contribution in [3.8, 4) is 0 Å². The lowest BCUT2D eigenvalue weighted by Crippen LogP contribution is -2.51. The zero-order valence-electron chi connectivity index (χ0n) is 13.5. The molecule has 1 saturated heterocycles. The van der Waals surface area contributed by atoms with Gasteiger partial charge in [-0.1, -0.05) is 11.6 Å². The van der Waals surface area contributed by atoms with Crippen molar-refractivity contribution in [1.82, 2.24) is 9.91 Å². The van der Waals surface area contributed by atoms with Gasteiger partial charge in [0.05, 0.1) is 11.4 Å². The smallest absolute Gasteiger partial charge is 0.116 e. The van der Waals surface area contributed by atoms with Crippen molar-refractivity contribution in [2.75, 3.05) is 43.6 Å². The lowest BCUT2D eigenvalue weighted by atomic mass is 10.2. The van der Waals surface area contributed by atoms with Gasteiger partial charge in [0.15, 0.2) is 0 Å². The van der Waals surface area contributed by atoms with Crippen LogP contribution in [0.5, 0.6) is 0 Å². The highest BCUT2D eigenvalue weighted by Crippen LogP contribution is 2.44. The summed E-state index contributed by atoms with van der Waals surface area (Å²) in [7, 11) is 2.19. The molecule has 0 unspecified atom stereocenters. The Balaban J connectivity index is 1.81. The number of anilines is 3. The molecule has 0 aliphatic carbocycles. The summed E-state index contributed by atoms with van der Waals surface area (Å²) in [4.78, 5) is 3.74. The fraction of sp³-hybridized carbons (Fsp3) is 0.412. The standard InChI is InChI=1S/C17H21ClN4S/c1-12-9-13-11-19-15-10-14(18)3-4-16(15)22(17(13)23-12)21-7-5-20(2)6-8-21/h3-4,9-10,19H,5-8,11H2,1-2H3. The third-order valence-electron chi connectivity index (χ3n) is 4.52. The number of nitrogens with one attached hydrogen (secondary N) is 1. The number of piperazine rings is 1. The van der Waals surface area contributed by atoms with Crippen molar-refractivity contribution < 1.29 is 0 Å². The van der Waals surface area contributed by atoms with E-state index in [9.17, 15) is 0 Å². The first-order valence-electron chi connectivity index (χ1n) is 7.98. The molecule has 2 aliphatic rings. The van der Waals surface area contributed by atoms with Crippen LogP contribution in [0.2, 0.25) is 5.02 Å². The monoisotopic (exact) mass is 348 g/mol. The molecule has 0 radical (unpaired) electrons. The predicted molar refractivity (Wildman–Crippen MR) is 99.0 cm³/mol. The molecule has 4 rings (SSSR count). The molecule has 1 N–H and O–H groups in total. The van der Waals surface area contributed by atoms with Crippen LogP contribution >= 0.6 is 22.9 Å². The highest BCUT2D eigenvalue weighted by Gasteiger charge is 2.29. The van der Waals surface area contributed by atoms with Crippen LogP contribution in [0.4, 0.5) is 16.4 Å². The van der Waals surface area contributed by atoms with Crippen LogP contribution in [-0.4, -0.2) is 43.1 Å². The summed E-state index contributed by atoms with van der Waals surface area (Å²) in [5, 5.41) is 10.5. The molecule has 0 amide bonds. The maximum Gasteiger partial charge on any atom is 0.116 e. The minimum absolute atomic E-state index is 0.774. The van der Waals surface area contributed by atoms with Crippen LogP contribution in [0.15, 0.2) is 24.3 Å². The largest absolute Gasteiger partial charge is 0.379 e. The minimum Gasteiger partial charge on any atom is -0.379 e. The second kappa shape index (κ2) is 5.98. The molecule has 4 nitrogen and oxygen atoms in total. The molecule has 2 aliphatic heterocycles. The fourth-order valence-corrected chi connectivity index (χ4v) is 4.51. The van der Waals surface area contributed by atoms with E-state index in [4.69, 9.17) is 11.6 Å². The number of thiophene rings is 1. The number of rotatable bonds is 1.